The van der Waals surface area contributed by atoms with Gasteiger partial charge < -0.3 is 16.0 Å². The van der Waals surface area contributed by atoms with Crippen molar-refractivity contribution in [2.24, 2.45) is 0 Å². The fourth-order valence-electron chi connectivity index (χ4n) is 3.86. The highest BCUT2D eigenvalue weighted by Gasteiger charge is 2.21. The number of anilines is 3. The average Bonchev–Trinajstić information content (AvgIpc) is 3.40. The molecule has 0 spiro atoms. The van der Waals surface area contributed by atoms with E-state index >= 15 is 0 Å². The largest absolute Gasteiger partial charge is 0.350 e. The number of nitrogens with zero attached hydrogens (tertiary/aromatic N) is 5. The molecule has 0 unspecified atom stereocenters. The minimum atomic E-state index is -0.622. The number of nitrogens with one attached hydrogen (secondary N) is 4. The summed E-state index contributed by atoms with van der Waals surface area (Å²) in [4.78, 5) is 9.25. The summed E-state index contributed by atoms with van der Waals surface area (Å²) in [7, 11) is 0. The topological polar surface area (TPSA) is 108 Å². The number of benzene rings is 1. The highest BCUT2D eigenvalue weighted by molar-refractivity contribution is 5.89. The molecular weight excluding hydrogens is 416 g/mol. The van der Waals surface area contributed by atoms with E-state index in [0.717, 1.165) is 43.1 Å². The van der Waals surface area contributed by atoms with E-state index in [4.69, 9.17) is 0 Å². The number of hydrogen-bond acceptors (Lipinski definition) is 7. The van der Waals surface area contributed by atoms with Crippen LogP contribution in [0.25, 0.3) is 11.0 Å². The molecule has 1 saturated heterocycles. The van der Waals surface area contributed by atoms with E-state index in [0.29, 0.717) is 28.8 Å². The van der Waals surface area contributed by atoms with Crippen molar-refractivity contribution in [3.05, 3.63) is 53.4 Å². The Kier molecular flexibility index (Phi) is 5.39. The van der Waals surface area contributed by atoms with Crippen LogP contribution in [-0.2, 0) is 6.54 Å². The first-order valence-corrected chi connectivity index (χ1v) is 10.5. The smallest absolute Gasteiger partial charge is 0.227 e. The molecule has 4 N–H and O–H groups in total. The number of H-pyrrole nitrogens is 1. The van der Waals surface area contributed by atoms with Gasteiger partial charge in [-0.05, 0) is 38.9 Å². The Labute approximate surface area is 182 Å². The lowest BCUT2D eigenvalue weighted by Gasteiger charge is -2.23. The molecule has 1 aliphatic rings. The first-order valence-electron chi connectivity index (χ1n) is 10.5. The summed E-state index contributed by atoms with van der Waals surface area (Å²) in [5.74, 6) is 0.238. The lowest BCUT2D eigenvalue weighted by Crippen LogP contribution is -2.30. The number of fused-ring (bicyclic) bond motifs is 1. The van der Waals surface area contributed by atoms with Crippen molar-refractivity contribution in [2.75, 3.05) is 23.7 Å². The van der Waals surface area contributed by atoms with Crippen LogP contribution in [-0.4, -0.2) is 43.0 Å². The van der Waals surface area contributed by atoms with Gasteiger partial charge in [0.05, 0.1) is 17.6 Å². The molecule has 0 radical (unpaired) electrons. The van der Waals surface area contributed by atoms with E-state index in [9.17, 15) is 8.78 Å². The molecule has 166 valence electrons. The highest BCUT2D eigenvalue weighted by Crippen LogP contribution is 2.29. The molecule has 0 aliphatic carbocycles. The van der Waals surface area contributed by atoms with Crippen molar-refractivity contribution in [2.45, 2.75) is 32.4 Å². The predicted octanol–water partition coefficient (Wildman–Crippen LogP) is 3.42. The summed E-state index contributed by atoms with van der Waals surface area (Å²) in [5.41, 5.74) is 1.91. The van der Waals surface area contributed by atoms with Gasteiger partial charge in [0, 0.05) is 29.9 Å². The quantitative estimate of drug-likeness (QED) is 0.365. The van der Waals surface area contributed by atoms with E-state index in [-0.39, 0.29) is 12.6 Å². The van der Waals surface area contributed by atoms with E-state index in [1.807, 2.05) is 17.7 Å². The standard InChI is InChI=1S/C21H23F2N9/c1-12-8-18(31-30-12)27-19-16-11-26-32(15-4-6-24-7-5-15)20(16)29-21(28-19)25-10-13-2-3-14(22)9-17(13)23/h2-3,8-9,11,15,24H,4-7,10H2,1H3,(H3,25,27,28,29,30,31). The zero-order valence-electron chi connectivity index (χ0n) is 17.5. The second kappa shape index (κ2) is 8.50. The normalized spacial score (nSPS) is 14.7. The molecule has 0 saturated carbocycles. The van der Waals surface area contributed by atoms with Crippen LogP contribution in [0.3, 0.4) is 0 Å². The summed E-state index contributed by atoms with van der Waals surface area (Å²) in [6.45, 7) is 3.86. The fourth-order valence-corrected chi connectivity index (χ4v) is 3.86. The number of hydrogen-bond donors (Lipinski definition) is 4. The van der Waals surface area contributed by atoms with Gasteiger partial charge in [0.1, 0.15) is 17.5 Å². The summed E-state index contributed by atoms with van der Waals surface area (Å²) < 4.78 is 29.2. The van der Waals surface area contributed by atoms with Crippen LogP contribution in [0, 0.1) is 18.6 Å². The Morgan fingerprint density at radius 2 is 2.00 bits per heavy atom. The van der Waals surface area contributed by atoms with Crippen LogP contribution in [0.4, 0.5) is 26.4 Å². The summed E-state index contributed by atoms with van der Waals surface area (Å²) in [5, 5.41) is 22.1. The zero-order valence-corrected chi connectivity index (χ0v) is 17.5. The Bertz CT molecular complexity index is 1240. The van der Waals surface area contributed by atoms with Gasteiger partial charge in [-0.1, -0.05) is 6.07 Å². The SMILES string of the molecule is Cc1cc(Nc2nc(NCc3ccc(F)cc3F)nc3c2cnn3C2CCNCC2)n[nH]1. The van der Waals surface area contributed by atoms with Crippen molar-refractivity contribution in [3.63, 3.8) is 0 Å². The fraction of sp³-hybridized carbons (Fsp3) is 0.333. The van der Waals surface area contributed by atoms with E-state index < -0.39 is 11.6 Å². The number of aromatic amines is 1. The zero-order chi connectivity index (χ0) is 22.1. The van der Waals surface area contributed by atoms with Gasteiger partial charge in [-0.2, -0.15) is 20.2 Å². The number of rotatable bonds is 6. The van der Waals surface area contributed by atoms with Gasteiger partial charge in [0.25, 0.3) is 0 Å². The molecule has 0 amide bonds. The molecule has 1 fully saturated rings. The van der Waals surface area contributed by atoms with Crippen molar-refractivity contribution in [3.8, 4) is 0 Å². The first-order chi connectivity index (χ1) is 15.6. The van der Waals surface area contributed by atoms with Crippen LogP contribution >= 0.6 is 0 Å². The molecule has 4 heterocycles. The van der Waals surface area contributed by atoms with Crippen LogP contribution in [0.1, 0.15) is 30.1 Å². The summed E-state index contributed by atoms with van der Waals surface area (Å²) in [6, 6.07) is 5.59. The Morgan fingerprint density at radius 3 is 2.75 bits per heavy atom. The van der Waals surface area contributed by atoms with Gasteiger partial charge in [0.2, 0.25) is 5.95 Å². The third-order valence-corrected chi connectivity index (χ3v) is 5.51. The van der Waals surface area contributed by atoms with Gasteiger partial charge in [-0.15, -0.1) is 0 Å². The number of piperidine rings is 1. The highest BCUT2D eigenvalue weighted by atomic mass is 19.1. The average molecular weight is 439 g/mol. The lowest BCUT2D eigenvalue weighted by atomic mass is 10.1. The maximum atomic E-state index is 14.1. The first kappa shape index (κ1) is 20.3. The maximum Gasteiger partial charge on any atom is 0.227 e. The molecule has 4 aromatic rings. The number of halogens is 2. The van der Waals surface area contributed by atoms with Crippen LogP contribution in [0.5, 0.6) is 0 Å². The molecule has 32 heavy (non-hydrogen) atoms. The molecule has 3 aromatic heterocycles. The van der Waals surface area contributed by atoms with Crippen molar-refractivity contribution >= 4 is 28.6 Å². The minimum Gasteiger partial charge on any atom is -0.350 e. The molecule has 1 aliphatic heterocycles. The van der Waals surface area contributed by atoms with Gasteiger partial charge >= 0.3 is 0 Å². The molecule has 1 aromatic carbocycles. The van der Waals surface area contributed by atoms with Crippen molar-refractivity contribution in [1.29, 1.82) is 0 Å². The Hall–Kier alpha value is -3.60. The van der Waals surface area contributed by atoms with Gasteiger partial charge in [0.15, 0.2) is 11.5 Å². The van der Waals surface area contributed by atoms with E-state index in [2.05, 4.69) is 41.2 Å². The minimum absolute atomic E-state index is 0.111. The molecule has 9 nitrogen and oxygen atoms in total. The van der Waals surface area contributed by atoms with Crippen molar-refractivity contribution < 1.29 is 8.78 Å². The van der Waals surface area contributed by atoms with E-state index in [1.54, 1.807) is 6.20 Å². The predicted molar refractivity (Wildman–Crippen MR) is 117 cm³/mol. The second-order valence-electron chi connectivity index (χ2n) is 7.85. The Morgan fingerprint density at radius 1 is 1.16 bits per heavy atom. The third-order valence-electron chi connectivity index (χ3n) is 5.51. The molecule has 0 bridgehead atoms. The molecule has 0 atom stereocenters. The second-order valence-corrected chi connectivity index (χ2v) is 7.85. The third kappa shape index (κ3) is 4.11. The van der Waals surface area contributed by atoms with Crippen LogP contribution in [0.2, 0.25) is 0 Å². The monoisotopic (exact) mass is 439 g/mol. The van der Waals surface area contributed by atoms with Crippen LogP contribution in [0.15, 0.2) is 30.5 Å². The van der Waals surface area contributed by atoms with Gasteiger partial charge in [-0.25, -0.2) is 13.5 Å². The summed E-state index contributed by atoms with van der Waals surface area (Å²) in [6.07, 6.45) is 3.65. The molecule has 11 heteroatoms. The summed E-state index contributed by atoms with van der Waals surface area (Å²) >= 11 is 0. The number of aromatic nitrogens is 6. The van der Waals surface area contributed by atoms with Gasteiger partial charge in [-0.3, -0.25) is 5.10 Å². The van der Waals surface area contributed by atoms with Crippen LogP contribution < -0.4 is 16.0 Å². The lowest BCUT2D eigenvalue weighted by molar-refractivity contribution is 0.350. The maximum absolute atomic E-state index is 14.1. The number of aryl methyl sites for hydroxylation is 1. The van der Waals surface area contributed by atoms with Crippen molar-refractivity contribution in [1.82, 2.24) is 35.3 Å². The Balaban J connectivity index is 1.50. The van der Waals surface area contributed by atoms with E-state index in [1.165, 1.54) is 12.1 Å². The molecule has 5 rings (SSSR count). The molecular formula is C21H23F2N9.